The van der Waals surface area contributed by atoms with Crippen molar-refractivity contribution < 1.29 is 0 Å². The molecule has 1 aliphatic rings. The van der Waals surface area contributed by atoms with Crippen LogP contribution in [-0.2, 0) is 0 Å². The maximum atomic E-state index is 4.64. The molecule has 2 unspecified atom stereocenters. The van der Waals surface area contributed by atoms with Gasteiger partial charge in [0.15, 0.2) is 5.82 Å². The van der Waals surface area contributed by atoms with E-state index in [4.69, 9.17) is 0 Å². The summed E-state index contributed by atoms with van der Waals surface area (Å²) in [7, 11) is 0. The normalized spacial score (nSPS) is 21.4. The second kappa shape index (κ2) is 6.14. The first-order chi connectivity index (χ1) is 10.6. The molecule has 0 radical (unpaired) electrons. The van der Waals surface area contributed by atoms with Gasteiger partial charge in [-0.25, -0.2) is 9.97 Å². The van der Waals surface area contributed by atoms with Gasteiger partial charge in [0, 0.05) is 17.8 Å². The molecule has 0 spiro atoms. The van der Waals surface area contributed by atoms with E-state index in [0.29, 0.717) is 5.92 Å². The SMILES string of the molecule is C=C1CC(C)C(Nc2ccnc(-c3ccccc3)n2)C=C1C. The van der Waals surface area contributed by atoms with Crippen molar-refractivity contribution >= 4 is 5.82 Å². The molecular weight excluding hydrogens is 270 g/mol. The summed E-state index contributed by atoms with van der Waals surface area (Å²) in [5.41, 5.74) is 3.54. The smallest absolute Gasteiger partial charge is 0.161 e. The second-order valence-corrected chi connectivity index (χ2v) is 5.94. The predicted molar refractivity (Wildman–Crippen MR) is 91.6 cm³/mol. The van der Waals surface area contributed by atoms with Gasteiger partial charge in [-0.1, -0.05) is 61.1 Å². The molecule has 1 aromatic carbocycles. The second-order valence-electron chi connectivity index (χ2n) is 5.94. The zero-order valence-corrected chi connectivity index (χ0v) is 13.1. The minimum atomic E-state index is 0.282. The van der Waals surface area contributed by atoms with Crippen LogP contribution in [0, 0.1) is 5.92 Å². The molecule has 1 N–H and O–H groups in total. The average Bonchev–Trinajstić information content (AvgIpc) is 2.54. The van der Waals surface area contributed by atoms with E-state index in [-0.39, 0.29) is 6.04 Å². The summed E-state index contributed by atoms with van der Waals surface area (Å²) in [4.78, 5) is 9.01. The Labute approximate surface area is 131 Å². The van der Waals surface area contributed by atoms with Crippen LogP contribution < -0.4 is 5.32 Å². The lowest BCUT2D eigenvalue weighted by atomic mass is 9.84. The van der Waals surface area contributed by atoms with Gasteiger partial charge in [-0.2, -0.15) is 0 Å². The van der Waals surface area contributed by atoms with Crippen molar-refractivity contribution in [3.05, 3.63) is 66.4 Å². The largest absolute Gasteiger partial charge is 0.363 e. The van der Waals surface area contributed by atoms with Gasteiger partial charge in [-0.15, -0.1) is 0 Å². The Morgan fingerprint density at radius 1 is 1.18 bits per heavy atom. The van der Waals surface area contributed by atoms with Crippen molar-refractivity contribution in [3.63, 3.8) is 0 Å². The highest BCUT2D eigenvalue weighted by Crippen LogP contribution is 2.29. The van der Waals surface area contributed by atoms with Crippen molar-refractivity contribution in [2.24, 2.45) is 5.92 Å². The van der Waals surface area contributed by atoms with E-state index in [2.05, 4.69) is 41.8 Å². The van der Waals surface area contributed by atoms with Gasteiger partial charge in [0.05, 0.1) is 0 Å². The summed E-state index contributed by atoms with van der Waals surface area (Å²) in [5.74, 6) is 2.12. The van der Waals surface area contributed by atoms with E-state index in [1.807, 2.05) is 36.4 Å². The van der Waals surface area contributed by atoms with E-state index in [0.717, 1.165) is 23.6 Å². The molecule has 22 heavy (non-hydrogen) atoms. The molecule has 0 saturated heterocycles. The first kappa shape index (κ1) is 14.5. The molecule has 2 atom stereocenters. The molecule has 3 heteroatoms. The Morgan fingerprint density at radius 3 is 2.73 bits per heavy atom. The lowest BCUT2D eigenvalue weighted by molar-refractivity contribution is 0.522. The molecule has 1 aliphatic carbocycles. The third-order valence-electron chi connectivity index (χ3n) is 4.17. The van der Waals surface area contributed by atoms with Gasteiger partial charge in [-0.05, 0) is 25.3 Å². The summed E-state index contributed by atoms with van der Waals surface area (Å²) in [6, 6.07) is 12.2. The number of nitrogens with one attached hydrogen (secondary N) is 1. The Bertz CT molecular complexity index is 704. The van der Waals surface area contributed by atoms with E-state index in [1.165, 1.54) is 11.1 Å². The number of nitrogens with zero attached hydrogens (tertiary/aromatic N) is 2. The van der Waals surface area contributed by atoms with Gasteiger partial charge in [0.2, 0.25) is 0 Å². The number of hydrogen-bond donors (Lipinski definition) is 1. The quantitative estimate of drug-likeness (QED) is 0.907. The minimum absolute atomic E-state index is 0.282. The third-order valence-corrected chi connectivity index (χ3v) is 4.17. The topological polar surface area (TPSA) is 37.8 Å². The van der Waals surface area contributed by atoms with Gasteiger partial charge in [0.1, 0.15) is 5.82 Å². The van der Waals surface area contributed by atoms with Crippen molar-refractivity contribution in [1.29, 1.82) is 0 Å². The van der Waals surface area contributed by atoms with Crippen molar-refractivity contribution in [2.45, 2.75) is 26.3 Å². The summed E-state index contributed by atoms with van der Waals surface area (Å²) in [5, 5.41) is 3.52. The van der Waals surface area contributed by atoms with E-state index >= 15 is 0 Å². The molecule has 112 valence electrons. The Morgan fingerprint density at radius 2 is 1.95 bits per heavy atom. The van der Waals surface area contributed by atoms with Crippen LogP contribution in [0.2, 0.25) is 0 Å². The fourth-order valence-corrected chi connectivity index (χ4v) is 2.75. The number of rotatable bonds is 3. The Hall–Kier alpha value is -2.42. The lowest BCUT2D eigenvalue weighted by Crippen LogP contribution is -2.29. The Balaban J connectivity index is 1.83. The van der Waals surface area contributed by atoms with Crippen LogP contribution in [0.3, 0.4) is 0 Å². The number of anilines is 1. The molecule has 0 fully saturated rings. The van der Waals surface area contributed by atoms with E-state index < -0.39 is 0 Å². The molecular formula is C19H21N3. The standard InChI is InChI=1S/C19H21N3/c1-13-11-15(3)17(12-14(13)2)21-18-9-10-20-19(22-18)16-7-5-4-6-8-16/h4-10,12,15,17H,1,11H2,2-3H3,(H,20,21,22). The average molecular weight is 291 g/mol. The summed E-state index contributed by atoms with van der Waals surface area (Å²) in [6.45, 7) is 8.48. The maximum absolute atomic E-state index is 4.64. The molecule has 2 aromatic rings. The van der Waals surface area contributed by atoms with Crippen LogP contribution in [-0.4, -0.2) is 16.0 Å². The van der Waals surface area contributed by atoms with Crippen LogP contribution in [0.25, 0.3) is 11.4 Å². The molecule has 3 nitrogen and oxygen atoms in total. The monoisotopic (exact) mass is 291 g/mol. The van der Waals surface area contributed by atoms with E-state index in [1.54, 1.807) is 6.20 Å². The van der Waals surface area contributed by atoms with Gasteiger partial charge in [-0.3, -0.25) is 0 Å². The first-order valence-corrected chi connectivity index (χ1v) is 7.65. The highest BCUT2D eigenvalue weighted by molar-refractivity contribution is 5.56. The summed E-state index contributed by atoms with van der Waals surface area (Å²) in [6.07, 6.45) is 5.08. The molecule has 3 rings (SSSR count). The van der Waals surface area contributed by atoms with Crippen molar-refractivity contribution in [3.8, 4) is 11.4 Å². The van der Waals surface area contributed by atoms with E-state index in [9.17, 15) is 0 Å². The third kappa shape index (κ3) is 3.08. The molecule has 1 aromatic heterocycles. The molecule has 1 heterocycles. The van der Waals surface area contributed by atoms with Crippen molar-refractivity contribution in [2.75, 3.05) is 5.32 Å². The number of benzene rings is 1. The van der Waals surface area contributed by atoms with Gasteiger partial charge >= 0.3 is 0 Å². The molecule has 0 bridgehead atoms. The zero-order valence-electron chi connectivity index (χ0n) is 13.1. The maximum Gasteiger partial charge on any atom is 0.161 e. The van der Waals surface area contributed by atoms with Crippen LogP contribution in [0.4, 0.5) is 5.82 Å². The Kier molecular flexibility index (Phi) is 4.05. The van der Waals surface area contributed by atoms with Crippen LogP contribution in [0.1, 0.15) is 20.3 Å². The van der Waals surface area contributed by atoms with Gasteiger partial charge in [0.25, 0.3) is 0 Å². The zero-order chi connectivity index (χ0) is 15.5. The number of aromatic nitrogens is 2. The summed E-state index contributed by atoms with van der Waals surface area (Å²) < 4.78 is 0. The van der Waals surface area contributed by atoms with Crippen LogP contribution in [0.5, 0.6) is 0 Å². The predicted octanol–water partition coefficient (Wildman–Crippen LogP) is 4.47. The van der Waals surface area contributed by atoms with Gasteiger partial charge < -0.3 is 5.32 Å². The number of hydrogen-bond acceptors (Lipinski definition) is 3. The van der Waals surface area contributed by atoms with Crippen molar-refractivity contribution in [1.82, 2.24) is 9.97 Å². The fraction of sp³-hybridized carbons (Fsp3) is 0.263. The fourth-order valence-electron chi connectivity index (χ4n) is 2.75. The first-order valence-electron chi connectivity index (χ1n) is 7.65. The molecule has 0 amide bonds. The summed E-state index contributed by atoms with van der Waals surface area (Å²) >= 11 is 0. The van der Waals surface area contributed by atoms with Crippen LogP contribution in [0.15, 0.2) is 66.4 Å². The molecule has 0 aliphatic heterocycles. The highest BCUT2D eigenvalue weighted by Gasteiger charge is 2.22. The minimum Gasteiger partial charge on any atom is -0.363 e. The van der Waals surface area contributed by atoms with Crippen LogP contribution >= 0.6 is 0 Å². The molecule has 0 saturated carbocycles. The lowest BCUT2D eigenvalue weighted by Gasteiger charge is -2.29. The number of allylic oxidation sites excluding steroid dienone is 2. The highest BCUT2D eigenvalue weighted by atomic mass is 15.0.